The minimum atomic E-state index is -0.507. The monoisotopic (exact) mass is 562 g/mol. The Balaban J connectivity index is 1.42. The zero-order valence-corrected chi connectivity index (χ0v) is 25.4. The zero-order valence-electron chi connectivity index (χ0n) is 25.4. The molecule has 0 saturated heterocycles. The first-order valence-electron chi connectivity index (χ1n) is 15.5. The van der Waals surface area contributed by atoms with Crippen LogP contribution in [0.1, 0.15) is 80.1 Å². The van der Waals surface area contributed by atoms with Crippen LogP contribution in [0.25, 0.3) is 22.3 Å². The molecule has 6 atom stereocenters. The Labute approximate surface area is 243 Å². The molecule has 2 saturated carbocycles. The van der Waals surface area contributed by atoms with Crippen molar-refractivity contribution in [2.45, 2.75) is 92.3 Å². The molecule has 222 valence electrons. The summed E-state index contributed by atoms with van der Waals surface area (Å²) in [4.78, 5) is 13.1. The van der Waals surface area contributed by atoms with Crippen LogP contribution in [0.4, 0.5) is 0 Å². The number of aromatic hydroxyl groups is 2. The Morgan fingerprint density at radius 3 is 1.90 bits per heavy atom. The third-order valence-electron chi connectivity index (χ3n) is 9.56. The van der Waals surface area contributed by atoms with Gasteiger partial charge in [0, 0.05) is 17.7 Å². The van der Waals surface area contributed by atoms with E-state index in [1.807, 2.05) is 24.3 Å². The lowest BCUT2D eigenvalue weighted by Gasteiger charge is -2.37. The molecule has 6 nitrogen and oxygen atoms in total. The highest BCUT2D eigenvalue weighted by Gasteiger charge is 2.34. The molecule has 0 aliphatic heterocycles. The fraction of sp³-hybridized carbons (Fsp3) is 0.571. The van der Waals surface area contributed by atoms with Gasteiger partial charge in [-0.05, 0) is 85.5 Å². The molecule has 5 rings (SSSR count). The van der Waals surface area contributed by atoms with Gasteiger partial charge >= 0.3 is 0 Å². The second-order valence-electron chi connectivity index (χ2n) is 13.4. The molecule has 2 aliphatic rings. The molecule has 6 heteroatoms. The Morgan fingerprint density at radius 1 is 0.780 bits per heavy atom. The van der Waals surface area contributed by atoms with Crippen molar-refractivity contribution in [3.8, 4) is 34.3 Å². The van der Waals surface area contributed by atoms with Crippen molar-refractivity contribution in [2.75, 3.05) is 0 Å². The van der Waals surface area contributed by atoms with Crippen molar-refractivity contribution >= 4 is 11.0 Å². The predicted molar refractivity (Wildman–Crippen MR) is 163 cm³/mol. The molecule has 41 heavy (non-hydrogen) atoms. The van der Waals surface area contributed by atoms with E-state index >= 15 is 0 Å². The Bertz CT molecular complexity index is 1400. The number of ether oxygens (including phenoxy) is 2. The molecule has 2 fully saturated rings. The highest BCUT2D eigenvalue weighted by molar-refractivity contribution is 5.89. The Hall–Kier alpha value is -3.15. The normalized spacial score (nSPS) is 26.9. The number of phenolic OH excluding ortho intramolecular Hbond substituents is 2. The maximum atomic E-state index is 13.1. The molecule has 3 aromatic rings. The van der Waals surface area contributed by atoms with Crippen LogP contribution in [-0.2, 0) is 0 Å². The molecular weight excluding hydrogens is 516 g/mol. The SMILES string of the molecule is CC1CCC(C(C)C)C(Oc2ccc(-c3cc(=O)c4c(O)c(O)c(OC5CC(C)CCC5C(C)C)cc4o3)cc2)C1. The van der Waals surface area contributed by atoms with Gasteiger partial charge in [0.1, 0.15) is 34.7 Å². The molecule has 1 heterocycles. The molecule has 2 N–H and O–H groups in total. The zero-order chi connectivity index (χ0) is 29.4. The van der Waals surface area contributed by atoms with Crippen LogP contribution < -0.4 is 14.9 Å². The molecule has 0 bridgehead atoms. The average Bonchev–Trinajstić information content (AvgIpc) is 2.91. The fourth-order valence-corrected chi connectivity index (χ4v) is 7.04. The Kier molecular flexibility index (Phi) is 8.58. The van der Waals surface area contributed by atoms with Crippen molar-refractivity contribution in [1.29, 1.82) is 0 Å². The summed E-state index contributed by atoms with van der Waals surface area (Å²) in [6.45, 7) is 13.4. The number of fused-ring (bicyclic) bond motifs is 1. The molecule has 0 radical (unpaired) electrons. The first kappa shape index (κ1) is 29.3. The summed E-state index contributed by atoms with van der Waals surface area (Å²) in [6, 6.07) is 10.5. The smallest absolute Gasteiger partial charge is 0.201 e. The first-order valence-corrected chi connectivity index (χ1v) is 15.5. The van der Waals surface area contributed by atoms with Gasteiger partial charge in [0.05, 0.1) is 0 Å². The number of hydrogen-bond donors (Lipinski definition) is 2. The van der Waals surface area contributed by atoms with Crippen LogP contribution in [0.2, 0.25) is 0 Å². The van der Waals surface area contributed by atoms with Gasteiger partial charge in [0.25, 0.3) is 0 Å². The molecule has 6 unspecified atom stereocenters. The Morgan fingerprint density at radius 2 is 1.34 bits per heavy atom. The minimum Gasteiger partial charge on any atom is -0.504 e. The van der Waals surface area contributed by atoms with Gasteiger partial charge in [-0.2, -0.15) is 0 Å². The summed E-state index contributed by atoms with van der Waals surface area (Å²) in [5, 5.41) is 21.5. The predicted octanol–water partition coefficient (Wildman–Crippen LogP) is 8.55. The third-order valence-corrected chi connectivity index (χ3v) is 9.56. The van der Waals surface area contributed by atoms with Gasteiger partial charge in [0.15, 0.2) is 16.9 Å². The van der Waals surface area contributed by atoms with Crippen molar-refractivity contribution in [1.82, 2.24) is 0 Å². The van der Waals surface area contributed by atoms with Crippen molar-refractivity contribution in [3.63, 3.8) is 0 Å². The van der Waals surface area contributed by atoms with Crippen LogP contribution in [0.5, 0.6) is 23.0 Å². The first-order chi connectivity index (χ1) is 19.5. The van der Waals surface area contributed by atoms with E-state index in [4.69, 9.17) is 13.9 Å². The van der Waals surface area contributed by atoms with E-state index in [9.17, 15) is 15.0 Å². The summed E-state index contributed by atoms with van der Waals surface area (Å²) < 4.78 is 19.0. The van der Waals surface area contributed by atoms with Crippen molar-refractivity contribution in [3.05, 3.63) is 46.6 Å². The van der Waals surface area contributed by atoms with Crippen LogP contribution in [-0.4, -0.2) is 22.4 Å². The lowest BCUT2D eigenvalue weighted by atomic mass is 9.75. The molecule has 0 amide bonds. The van der Waals surface area contributed by atoms with E-state index < -0.39 is 16.9 Å². The summed E-state index contributed by atoms with van der Waals surface area (Å²) in [7, 11) is 0. The van der Waals surface area contributed by atoms with E-state index in [0.29, 0.717) is 41.3 Å². The van der Waals surface area contributed by atoms with Crippen molar-refractivity contribution in [2.24, 2.45) is 35.5 Å². The van der Waals surface area contributed by atoms with E-state index in [-0.39, 0.29) is 28.9 Å². The second-order valence-corrected chi connectivity index (χ2v) is 13.4. The van der Waals surface area contributed by atoms with Gasteiger partial charge in [-0.15, -0.1) is 0 Å². The molecule has 2 aromatic carbocycles. The lowest BCUT2D eigenvalue weighted by molar-refractivity contribution is 0.0439. The topological polar surface area (TPSA) is 89.1 Å². The average molecular weight is 563 g/mol. The summed E-state index contributed by atoms with van der Waals surface area (Å²) in [5.74, 6) is 3.45. The highest BCUT2D eigenvalue weighted by Crippen LogP contribution is 2.44. The molecule has 1 aromatic heterocycles. The van der Waals surface area contributed by atoms with Gasteiger partial charge in [-0.1, -0.05) is 54.4 Å². The van der Waals surface area contributed by atoms with E-state index in [1.54, 1.807) is 6.07 Å². The van der Waals surface area contributed by atoms with Crippen LogP contribution in [0, 0.1) is 35.5 Å². The second kappa shape index (κ2) is 12.0. The van der Waals surface area contributed by atoms with E-state index in [2.05, 4.69) is 41.5 Å². The lowest BCUT2D eigenvalue weighted by Crippen LogP contribution is -2.36. The fourth-order valence-electron chi connectivity index (χ4n) is 7.04. The maximum absolute atomic E-state index is 13.1. The van der Waals surface area contributed by atoms with Crippen molar-refractivity contribution < 1.29 is 24.1 Å². The number of hydrogen-bond acceptors (Lipinski definition) is 6. The van der Waals surface area contributed by atoms with Crippen LogP contribution in [0.3, 0.4) is 0 Å². The van der Waals surface area contributed by atoms with Gasteiger partial charge in [-0.3, -0.25) is 4.79 Å². The third kappa shape index (κ3) is 6.22. The van der Waals surface area contributed by atoms with Crippen LogP contribution in [0.15, 0.2) is 45.6 Å². The largest absolute Gasteiger partial charge is 0.504 e. The quantitative estimate of drug-likeness (QED) is 0.281. The molecular formula is C35H46O6. The number of rotatable bonds is 7. The maximum Gasteiger partial charge on any atom is 0.201 e. The molecule has 0 spiro atoms. The van der Waals surface area contributed by atoms with Gasteiger partial charge in [0.2, 0.25) is 5.75 Å². The number of phenols is 2. The van der Waals surface area contributed by atoms with Crippen LogP contribution >= 0.6 is 0 Å². The minimum absolute atomic E-state index is 0.0536. The molecule has 2 aliphatic carbocycles. The number of benzene rings is 2. The van der Waals surface area contributed by atoms with E-state index in [0.717, 1.165) is 37.0 Å². The standard InChI is InChI=1S/C35H46O6/c1-19(2)25-13-7-21(5)15-29(25)39-24-11-9-23(10-12-24)28-17-27(36)33-31(40-28)18-32(34(37)35(33)38)41-30-16-22(6)8-14-26(30)20(3)4/h9-12,17-22,25-26,29-30,37-38H,7-8,13-16H2,1-6H3. The van der Waals surface area contributed by atoms with E-state index in [1.165, 1.54) is 18.9 Å². The highest BCUT2D eigenvalue weighted by atomic mass is 16.5. The van der Waals surface area contributed by atoms with Gasteiger partial charge < -0.3 is 24.1 Å². The summed E-state index contributed by atoms with van der Waals surface area (Å²) >= 11 is 0. The summed E-state index contributed by atoms with van der Waals surface area (Å²) in [6.07, 6.45) is 6.68. The van der Waals surface area contributed by atoms with Gasteiger partial charge in [-0.25, -0.2) is 0 Å². The summed E-state index contributed by atoms with van der Waals surface area (Å²) in [5.41, 5.74) is 0.479.